The van der Waals surface area contributed by atoms with E-state index in [9.17, 15) is 4.79 Å². The highest BCUT2D eigenvalue weighted by atomic mass is 35.5. The lowest BCUT2D eigenvalue weighted by atomic mass is 10.2. The third-order valence-corrected chi connectivity index (χ3v) is 3.84. The van der Waals surface area contributed by atoms with E-state index in [-0.39, 0.29) is 6.03 Å². The van der Waals surface area contributed by atoms with Crippen LogP contribution in [0.2, 0.25) is 5.02 Å². The number of urea groups is 1. The van der Waals surface area contributed by atoms with Crippen LogP contribution in [0, 0.1) is 0 Å². The van der Waals surface area contributed by atoms with Crippen LogP contribution < -0.4 is 10.2 Å². The number of amides is 2. The minimum atomic E-state index is -0.0239. The average molecular weight is 294 g/mol. The quantitative estimate of drug-likeness (QED) is 0.841. The molecule has 0 radical (unpaired) electrons. The van der Waals surface area contributed by atoms with E-state index in [4.69, 9.17) is 11.6 Å². The predicted molar refractivity (Wildman–Crippen MR) is 79.3 cm³/mol. The Hall–Kier alpha value is -1.95. The van der Waals surface area contributed by atoms with Crippen LogP contribution in [-0.2, 0) is 0 Å². The van der Waals surface area contributed by atoms with Gasteiger partial charge in [0.15, 0.2) is 0 Å². The number of carbonyl (C=O) groups is 1. The predicted octanol–water partition coefficient (Wildman–Crippen LogP) is 1.68. The lowest BCUT2D eigenvalue weighted by Crippen LogP contribution is -2.51. The molecule has 1 aromatic heterocycles. The first-order valence-electron chi connectivity index (χ1n) is 6.53. The van der Waals surface area contributed by atoms with Crippen LogP contribution in [0.4, 0.5) is 10.5 Å². The summed E-state index contributed by atoms with van der Waals surface area (Å²) in [5.41, 5.74) is 2.00. The molecule has 0 bridgehead atoms. The van der Waals surface area contributed by atoms with Gasteiger partial charge in [0.1, 0.15) is 0 Å². The van der Waals surface area contributed by atoms with Crippen molar-refractivity contribution in [2.45, 2.75) is 0 Å². The Morgan fingerprint density at radius 2 is 2.10 bits per heavy atom. The molecule has 0 saturated carbocycles. The molecule has 2 heterocycles. The number of anilines is 1. The third-order valence-electron chi connectivity index (χ3n) is 3.62. The second kappa shape index (κ2) is 5.20. The van der Waals surface area contributed by atoms with Crippen molar-refractivity contribution in [3.05, 3.63) is 23.4 Å². The van der Waals surface area contributed by atoms with Gasteiger partial charge in [0.05, 0.1) is 11.7 Å². The van der Waals surface area contributed by atoms with Gasteiger partial charge < -0.3 is 15.1 Å². The zero-order valence-corrected chi connectivity index (χ0v) is 11.9. The highest BCUT2D eigenvalue weighted by Crippen LogP contribution is 2.30. The Kier molecular flexibility index (Phi) is 3.40. The van der Waals surface area contributed by atoms with E-state index in [1.54, 1.807) is 7.05 Å². The van der Waals surface area contributed by atoms with E-state index in [0.717, 1.165) is 29.7 Å². The van der Waals surface area contributed by atoms with Gasteiger partial charge in [0.25, 0.3) is 0 Å². The Morgan fingerprint density at radius 1 is 1.35 bits per heavy atom. The summed E-state index contributed by atoms with van der Waals surface area (Å²) in [4.78, 5) is 15.6. The number of piperazine rings is 1. The first-order chi connectivity index (χ1) is 9.69. The Morgan fingerprint density at radius 3 is 2.80 bits per heavy atom. The minimum absolute atomic E-state index is 0.0239. The number of carbonyl (C=O) groups excluding carboxylic acids is 1. The molecule has 1 aliphatic heterocycles. The number of fused-ring (bicyclic) bond motifs is 1. The number of rotatable bonds is 1. The number of nitrogens with zero attached hydrogens (tertiary/aromatic N) is 3. The van der Waals surface area contributed by atoms with Crippen LogP contribution in [0.15, 0.2) is 18.3 Å². The fraction of sp³-hybridized carbons (Fsp3) is 0.385. The molecule has 1 saturated heterocycles. The Bertz CT molecular complexity index is 633. The van der Waals surface area contributed by atoms with Crippen molar-refractivity contribution >= 4 is 34.2 Å². The lowest BCUT2D eigenvalue weighted by Gasteiger charge is -2.36. The van der Waals surface area contributed by atoms with Gasteiger partial charge in [-0.15, -0.1) is 0 Å². The molecule has 2 N–H and O–H groups in total. The van der Waals surface area contributed by atoms with Crippen molar-refractivity contribution < 1.29 is 4.79 Å². The van der Waals surface area contributed by atoms with E-state index in [1.807, 2.05) is 23.2 Å². The molecular formula is C13H16ClN5O. The van der Waals surface area contributed by atoms with Crippen molar-refractivity contribution in [3.8, 4) is 0 Å². The first-order valence-corrected chi connectivity index (χ1v) is 6.91. The molecule has 3 rings (SSSR count). The number of hydrogen-bond donors (Lipinski definition) is 2. The van der Waals surface area contributed by atoms with E-state index >= 15 is 0 Å². The molecular weight excluding hydrogens is 278 g/mol. The van der Waals surface area contributed by atoms with Crippen LogP contribution in [0.1, 0.15) is 0 Å². The maximum Gasteiger partial charge on any atom is 0.317 e. The lowest BCUT2D eigenvalue weighted by molar-refractivity contribution is 0.196. The number of hydrogen-bond acceptors (Lipinski definition) is 3. The van der Waals surface area contributed by atoms with Gasteiger partial charge in [-0.2, -0.15) is 5.10 Å². The van der Waals surface area contributed by atoms with E-state index in [1.165, 1.54) is 0 Å². The fourth-order valence-corrected chi connectivity index (χ4v) is 2.78. The summed E-state index contributed by atoms with van der Waals surface area (Å²) in [6, 6.07) is 3.80. The van der Waals surface area contributed by atoms with Gasteiger partial charge in [0.2, 0.25) is 0 Å². The molecule has 20 heavy (non-hydrogen) atoms. The maximum atomic E-state index is 11.6. The summed E-state index contributed by atoms with van der Waals surface area (Å²) in [7, 11) is 1.65. The van der Waals surface area contributed by atoms with Crippen molar-refractivity contribution in [1.29, 1.82) is 0 Å². The second-order valence-corrected chi connectivity index (χ2v) is 5.22. The second-order valence-electron chi connectivity index (χ2n) is 4.79. The molecule has 0 spiro atoms. The molecule has 106 valence electrons. The highest BCUT2D eigenvalue weighted by Gasteiger charge is 2.22. The number of benzene rings is 1. The van der Waals surface area contributed by atoms with E-state index in [2.05, 4.69) is 20.4 Å². The van der Waals surface area contributed by atoms with Crippen LogP contribution in [0.3, 0.4) is 0 Å². The van der Waals surface area contributed by atoms with E-state index < -0.39 is 0 Å². The summed E-state index contributed by atoms with van der Waals surface area (Å²) >= 11 is 6.15. The van der Waals surface area contributed by atoms with Crippen LogP contribution in [-0.4, -0.2) is 54.4 Å². The molecule has 1 fully saturated rings. The number of nitrogens with one attached hydrogen (secondary N) is 2. The van der Waals surface area contributed by atoms with E-state index in [0.29, 0.717) is 18.1 Å². The summed E-state index contributed by atoms with van der Waals surface area (Å²) in [6.07, 6.45) is 1.81. The minimum Gasteiger partial charge on any atom is -0.367 e. The van der Waals surface area contributed by atoms with Gasteiger partial charge in [-0.25, -0.2) is 4.79 Å². The van der Waals surface area contributed by atoms with Gasteiger partial charge in [0, 0.05) is 49.3 Å². The average Bonchev–Trinajstić information content (AvgIpc) is 2.94. The SMILES string of the molecule is CNC(=O)N1CCN(c2cc(Cl)cc3[nH]ncc23)CC1. The van der Waals surface area contributed by atoms with Crippen molar-refractivity contribution in [3.63, 3.8) is 0 Å². The normalized spacial score (nSPS) is 15.7. The Balaban J connectivity index is 1.83. The first kappa shape index (κ1) is 13.1. The monoisotopic (exact) mass is 293 g/mol. The van der Waals surface area contributed by atoms with Gasteiger partial charge in [-0.3, -0.25) is 5.10 Å². The number of aromatic nitrogens is 2. The topological polar surface area (TPSA) is 64.3 Å². The van der Waals surface area contributed by atoms with Crippen molar-refractivity contribution in [2.75, 3.05) is 38.1 Å². The maximum absolute atomic E-state index is 11.6. The van der Waals surface area contributed by atoms with Gasteiger partial charge in [-0.1, -0.05) is 11.6 Å². The smallest absolute Gasteiger partial charge is 0.317 e. The zero-order chi connectivity index (χ0) is 14.1. The molecule has 2 aromatic rings. The van der Waals surface area contributed by atoms with Crippen molar-refractivity contribution in [1.82, 2.24) is 20.4 Å². The summed E-state index contributed by atoms with van der Waals surface area (Å²) in [5.74, 6) is 0. The third kappa shape index (κ3) is 2.27. The van der Waals surface area contributed by atoms with Crippen molar-refractivity contribution in [2.24, 2.45) is 0 Å². The molecule has 2 amide bonds. The number of H-pyrrole nitrogens is 1. The summed E-state index contributed by atoms with van der Waals surface area (Å²) in [5, 5.41) is 11.4. The van der Waals surface area contributed by atoms with Gasteiger partial charge >= 0.3 is 6.03 Å². The summed E-state index contributed by atoms with van der Waals surface area (Å²) < 4.78 is 0. The largest absolute Gasteiger partial charge is 0.367 e. The highest BCUT2D eigenvalue weighted by molar-refractivity contribution is 6.31. The Labute approximate surface area is 121 Å². The molecule has 0 atom stereocenters. The molecule has 1 aromatic carbocycles. The number of halogens is 1. The zero-order valence-electron chi connectivity index (χ0n) is 11.2. The van der Waals surface area contributed by atoms with Crippen LogP contribution in [0.5, 0.6) is 0 Å². The fourth-order valence-electron chi connectivity index (χ4n) is 2.57. The molecule has 1 aliphatic rings. The number of aromatic amines is 1. The standard InChI is InChI=1S/C13H16ClN5O/c1-15-13(20)19-4-2-18(3-5-19)12-7-9(14)6-11-10(12)8-16-17-11/h6-8H,2-5H2,1H3,(H,15,20)(H,16,17). The molecule has 0 unspecified atom stereocenters. The molecule has 0 aliphatic carbocycles. The van der Waals surface area contributed by atoms with Crippen LogP contribution >= 0.6 is 11.6 Å². The van der Waals surface area contributed by atoms with Gasteiger partial charge in [-0.05, 0) is 12.1 Å². The molecule has 6 nitrogen and oxygen atoms in total. The summed E-state index contributed by atoms with van der Waals surface area (Å²) in [6.45, 7) is 2.97. The van der Waals surface area contributed by atoms with Crippen LogP contribution in [0.25, 0.3) is 10.9 Å². The molecule has 7 heteroatoms.